The van der Waals surface area contributed by atoms with E-state index >= 15 is 0 Å². The molecule has 1 amide bonds. The molecule has 0 radical (unpaired) electrons. The third-order valence-corrected chi connectivity index (χ3v) is 12.3. The van der Waals surface area contributed by atoms with E-state index in [0.717, 1.165) is 38.8 Å². The topological polar surface area (TPSA) is 460 Å². The smallest absolute Gasteiger partial charge is 0.464 e. The van der Waals surface area contributed by atoms with Crippen LogP contribution in [0.15, 0.2) is 0 Å². The number of carbonyl (C=O) groups is 12. The van der Waals surface area contributed by atoms with E-state index in [1.54, 1.807) is 20.8 Å². The molecule has 98 heavy (non-hydrogen) atoms. The van der Waals surface area contributed by atoms with Crippen LogP contribution in [0.1, 0.15) is 149 Å². The Bertz CT molecular complexity index is 2240. The second-order valence-electron chi connectivity index (χ2n) is 22.6. The van der Waals surface area contributed by atoms with Crippen molar-refractivity contribution in [1.29, 1.82) is 0 Å². The molecule has 3 fully saturated rings. The fourth-order valence-electron chi connectivity index (χ4n) is 6.08. The molecule has 6 atom stereocenters. The Labute approximate surface area is 575 Å². The maximum Gasteiger partial charge on any atom is 0.508 e. The third kappa shape index (κ3) is 47.0. The number of Topliss-reactive ketones (excluding diaryl/α,β-unsaturated/α-hetero) is 1. The number of amides is 1. The minimum Gasteiger partial charge on any atom is -0.464 e. The number of hydrogen-bond donors (Lipinski definition) is 5. The third-order valence-electron chi connectivity index (χ3n) is 12.3. The summed E-state index contributed by atoms with van der Waals surface area (Å²) in [6.07, 6.45) is -1.74. The number of alkyl carbamates (subject to hydrolysis) is 1. The molecule has 6 N–H and O–H groups in total. The summed E-state index contributed by atoms with van der Waals surface area (Å²) in [6, 6.07) is 0. The quantitative estimate of drug-likeness (QED) is 0.0336. The van der Waals surface area contributed by atoms with E-state index in [4.69, 9.17) is 68.1 Å². The predicted octanol–water partition coefficient (Wildman–Crippen LogP) is 3.97. The summed E-state index contributed by atoms with van der Waals surface area (Å²) in [5.41, 5.74) is 0.556. The number of carbonyl (C=O) groups excluding carboxylic acids is 12. The molecule has 0 spiro atoms. The molecule has 0 aromatic carbocycles. The second-order valence-corrected chi connectivity index (χ2v) is 22.6. The molecule has 0 aromatic heterocycles. The van der Waals surface area contributed by atoms with Crippen LogP contribution in [-0.2, 0) is 124 Å². The molecule has 0 aromatic rings. The van der Waals surface area contributed by atoms with Crippen molar-refractivity contribution >= 4 is 71.9 Å². The fraction of sp³-hybridized carbons (Fsp3) is 0.812. The number of ether oxygens (including phenoxy) is 17. The fourth-order valence-corrected chi connectivity index (χ4v) is 6.08. The zero-order valence-electron chi connectivity index (χ0n) is 60.4. The highest BCUT2D eigenvalue weighted by Gasteiger charge is 2.43. The van der Waals surface area contributed by atoms with Crippen LogP contribution in [0, 0.1) is 21.7 Å². The summed E-state index contributed by atoms with van der Waals surface area (Å²) in [5, 5.41) is 29.0. The van der Waals surface area contributed by atoms with Crippen LogP contribution in [0.3, 0.4) is 0 Å². The van der Waals surface area contributed by atoms with Gasteiger partial charge in [0, 0.05) is 39.4 Å². The molecule has 6 unspecified atom stereocenters. The standard InChI is InChI=1S/C19H33NO10.C14H26O6.C11H18O6.C7H10O4.C6H8O4.C5H12O2.C2H7N/c1-6-8-26-9-10-27-17(24)19(5,12-29-18(25)20-7-2)11-28-16(23)14(4)30-15(22)13(3)21;1-4-6-12(16)20-11-14(3,10-15)13(17)19-9-8-18-7-5-2;1-3-4-14-5-6-15-9(12)11(2)7-16-10(13)17-8-11;1-5(8)7(2)3-10-6(9)11-4-7;1-3-5(7)10-4(2)6(8)9-3;1-2-4-7-5-3-6;1-2-3/h13-14,21H,6-12H2,1-5H3,(H,20,25);15H,4-11H2,1-3H3;3-8H2,1-2H3;3-4H2,1-2H3;3-4H,1-2H3;6H,2-5H2,1H3;2-3H2,1H3. The Morgan fingerprint density at radius 3 is 1.32 bits per heavy atom. The van der Waals surface area contributed by atoms with Crippen molar-refractivity contribution < 1.29 is 153 Å². The molecule has 3 rings (SSSR count). The van der Waals surface area contributed by atoms with Gasteiger partial charge in [0.05, 0.1) is 45.1 Å². The zero-order chi connectivity index (χ0) is 75.8. The molecule has 572 valence electrons. The van der Waals surface area contributed by atoms with E-state index in [2.05, 4.69) is 33.7 Å². The van der Waals surface area contributed by atoms with Crippen LogP contribution in [-0.4, -0.2) is 257 Å². The monoisotopic (exact) mass is 1420 g/mol. The van der Waals surface area contributed by atoms with Gasteiger partial charge in [-0.2, -0.15) is 0 Å². The molecule has 3 aliphatic rings. The molecular formula is C64H114N2O32. The average molecular weight is 1420 g/mol. The van der Waals surface area contributed by atoms with Crippen LogP contribution in [0.2, 0.25) is 0 Å². The lowest BCUT2D eigenvalue weighted by Gasteiger charge is -2.29. The first-order valence-corrected chi connectivity index (χ1v) is 32.5. The van der Waals surface area contributed by atoms with E-state index in [1.165, 1.54) is 48.5 Å². The van der Waals surface area contributed by atoms with Gasteiger partial charge in [0.25, 0.3) is 0 Å². The summed E-state index contributed by atoms with van der Waals surface area (Å²) in [5.74, 6) is -5.08. The lowest BCUT2D eigenvalue weighted by molar-refractivity contribution is -0.191. The van der Waals surface area contributed by atoms with Crippen molar-refractivity contribution in [3.63, 3.8) is 0 Å². The summed E-state index contributed by atoms with van der Waals surface area (Å²) in [7, 11) is 0. The Hall–Kier alpha value is -7.08. The molecule has 34 nitrogen and oxygen atoms in total. The largest absolute Gasteiger partial charge is 0.508 e. The zero-order valence-corrected chi connectivity index (χ0v) is 60.4. The number of esters is 8. The number of hydrogen-bond acceptors (Lipinski definition) is 33. The van der Waals surface area contributed by atoms with Crippen LogP contribution in [0.4, 0.5) is 14.4 Å². The van der Waals surface area contributed by atoms with E-state index in [1.807, 2.05) is 41.5 Å². The SMILES string of the molecule is CC(=O)C1(C)COC(=O)OC1.CC1OC(=O)C(C)OC1=O.CCCOCCO.CCCOCCOC(=O)C(C)(CO)COC(=O)CCC.CCCOCCOC(=O)C(C)(COC(=O)NCC)COC(=O)C(C)OC(=O)C(C)O.CCCOCCOC(=O)C1(C)COC(=O)OC1.CCN. The molecule has 0 bridgehead atoms. The Morgan fingerprint density at radius 2 is 0.939 bits per heavy atom. The van der Waals surface area contributed by atoms with E-state index in [9.17, 15) is 62.6 Å². The lowest BCUT2D eigenvalue weighted by atomic mass is 9.88. The van der Waals surface area contributed by atoms with Gasteiger partial charge in [0.1, 0.15) is 94.2 Å². The highest BCUT2D eigenvalue weighted by atomic mass is 16.7. The van der Waals surface area contributed by atoms with Gasteiger partial charge in [-0.05, 0) is 108 Å². The van der Waals surface area contributed by atoms with Crippen molar-refractivity contribution in [2.45, 2.75) is 174 Å². The van der Waals surface area contributed by atoms with Crippen molar-refractivity contribution in [2.24, 2.45) is 27.4 Å². The molecule has 3 saturated heterocycles. The maximum atomic E-state index is 12.5. The van der Waals surface area contributed by atoms with Crippen LogP contribution in [0.5, 0.6) is 0 Å². The molecule has 3 aliphatic heterocycles. The normalized spacial score (nSPS) is 17.1. The van der Waals surface area contributed by atoms with Gasteiger partial charge in [-0.1, -0.05) is 41.5 Å². The lowest BCUT2D eigenvalue weighted by Crippen LogP contribution is -2.44. The van der Waals surface area contributed by atoms with Gasteiger partial charge >= 0.3 is 66.2 Å². The molecule has 3 heterocycles. The van der Waals surface area contributed by atoms with Gasteiger partial charge in [-0.15, -0.1) is 0 Å². The van der Waals surface area contributed by atoms with Gasteiger partial charge in [-0.3, -0.25) is 24.0 Å². The van der Waals surface area contributed by atoms with Gasteiger partial charge in [0.15, 0.2) is 18.3 Å². The van der Waals surface area contributed by atoms with E-state index < -0.39 is 126 Å². The average Bonchev–Trinajstić information content (AvgIpc) is 0.876. The van der Waals surface area contributed by atoms with Crippen LogP contribution in [0.25, 0.3) is 0 Å². The number of aliphatic hydroxyl groups is 3. The van der Waals surface area contributed by atoms with Crippen molar-refractivity contribution in [2.75, 3.05) is 145 Å². The maximum absolute atomic E-state index is 12.5. The minimum absolute atomic E-state index is 0.0134. The number of cyclic esters (lactones) is 6. The number of nitrogens with one attached hydrogen (secondary N) is 1. The molecule has 0 saturated carbocycles. The van der Waals surface area contributed by atoms with Crippen LogP contribution < -0.4 is 11.1 Å². The number of rotatable bonds is 36. The van der Waals surface area contributed by atoms with Gasteiger partial charge < -0.3 is 107 Å². The number of nitrogens with two attached hydrogens (primary N) is 1. The number of aliphatic hydroxyl groups excluding tert-OH is 3. The van der Waals surface area contributed by atoms with Gasteiger partial charge in [-0.25, -0.2) is 33.6 Å². The Kier molecular flexibility index (Phi) is 57.4. The first-order valence-electron chi connectivity index (χ1n) is 32.5. The molecule has 34 heteroatoms. The van der Waals surface area contributed by atoms with Crippen LogP contribution >= 0.6 is 0 Å². The Morgan fingerprint density at radius 1 is 0.551 bits per heavy atom. The Balaban J connectivity index is -0.000000567. The van der Waals surface area contributed by atoms with Gasteiger partial charge in [0.2, 0.25) is 0 Å². The summed E-state index contributed by atoms with van der Waals surface area (Å²) in [4.78, 5) is 136. The minimum atomic E-state index is -1.50. The van der Waals surface area contributed by atoms with Crippen molar-refractivity contribution in [3.8, 4) is 0 Å². The first-order chi connectivity index (χ1) is 46.1. The summed E-state index contributed by atoms with van der Waals surface area (Å²) >= 11 is 0. The summed E-state index contributed by atoms with van der Waals surface area (Å²) < 4.78 is 83.1. The molecular weight excluding hydrogens is 1310 g/mol. The predicted molar refractivity (Wildman–Crippen MR) is 344 cm³/mol. The van der Waals surface area contributed by atoms with Crippen molar-refractivity contribution in [1.82, 2.24) is 5.32 Å². The highest BCUT2D eigenvalue weighted by Crippen LogP contribution is 2.26. The second kappa shape index (κ2) is 57.8. The van der Waals surface area contributed by atoms with E-state index in [-0.39, 0.29) is 77.8 Å². The highest BCUT2D eigenvalue weighted by molar-refractivity contribution is 5.87. The molecule has 0 aliphatic carbocycles. The summed E-state index contributed by atoms with van der Waals surface area (Å²) in [6.45, 7) is 30.7. The van der Waals surface area contributed by atoms with E-state index in [0.29, 0.717) is 59.0 Å². The van der Waals surface area contributed by atoms with Crippen molar-refractivity contribution in [3.05, 3.63) is 0 Å². The number of ketones is 1. The first kappa shape index (κ1) is 97.3.